The van der Waals surface area contributed by atoms with Gasteiger partial charge in [0, 0.05) is 10.4 Å². The Labute approximate surface area is 99.0 Å². The molecule has 2 unspecified atom stereocenters. The lowest BCUT2D eigenvalue weighted by molar-refractivity contribution is -0.112. The predicted molar refractivity (Wildman–Crippen MR) is 64.9 cm³/mol. The Balaban J connectivity index is 2.25. The first-order chi connectivity index (χ1) is 7.22. The van der Waals surface area contributed by atoms with Gasteiger partial charge in [0.2, 0.25) is 0 Å². The maximum absolute atomic E-state index is 10.8. The Kier molecular flexibility index (Phi) is 3.25. The van der Waals surface area contributed by atoms with E-state index in [0.717, 1.165) is 25.5 Å². The van der Waals surface area contributed by atoms with Crippen LogP contribution >= 0.6 is 15.9 Å². The van der Waals surface area contributed by atoms with Gasteiger partial charge in [0.25, 0.3) is 0 Å². The summed E-state index contributed by atoms with van der Waals surface area (Å²) < 4.78 is 1.20. The van der Waals surface area contributed by atoms with E-state index >= 15 is 0 Å². The van der Waals surface area contributed by atoms with Crippen molar-refractivity contribution in [1.82, 2.24) is 0 Å². The molecule has 1 aromatic carbocycles. The average molecular weight is 267 g/mol. The molecule has 1 nitrogen and oxygen atoms in total. The summed E-state index contributed by atoms with van der Waals surface area (Å²) in [4.78, 5) is 10.8. The van der Waals surface area contributed by atoms with E-state index in [1.54, 1.807) is 0 Å². The fourth-order valence-corrected chi connectivity index (χ4v) is 2.90. The van der Waals surface area contributed by atoms with Crippen LogP contribution in [-0.4, -0.2) is 6.29 Å². The molecule has 0 N–H and O–H groups in total. The molecule has 0 fully saturated rings. The van der Waals surface area contributed by atoms with E-state index in [0.29, 0.717) is 5.92 Å². The molecule has 0 spiro atoms. The highest BCUT2D eigenvalue weighted by molar-refractivity contribution is 9.10. The van der Waals surface area contributed by atoms with Gasteiger partial charge in [-0.25, -0.2) is 0 Å². The lowest BCUT2D eigenvalue weighted by Gasteiger charge is -2.27. The third-order valence-corrected chi connectivity index (χ3v) is 4.17. The van der Waals surface area contributed by atoms with Gasteiger partial charge in [-0.2, -0.15) is 0 Å². The summed E-state index contributed by atoms with van der Waals surface area (Å²) in [5, 5.41) is 0. The zero-order valence-electron chi connectivity index (χ0n) is 8.87. The van der Waals surface area contributed by atoms with Crippen LogP contribution in [0, 0.1) is 11.8 Å². The van der Waals surface area contributed by atoms with Crippen LogP contribution < -0.4 is 0 Å². The third kappa shape index (κ3) is 2.15. The van der Waals surface area contributed by atoms with Gasteiger partial charge in [-0.3, -0.25) is 0 Å². The minimum Gasteiger partial charge on any atom is -0.303 e. The molecular weight excluding hydrogens is 252 g/mol. The van der Waals surface area contributed by atoms with Crippen molar-refractivity contribution in [2.45, 2.75) is 26.2 Å². The summed E-state index contributed by atoms with van der Waals surface area (Å²) in [5.74, 6) is 0.707. The molecule has 15 heavy (non-hydrogen) atoms. The van der Waals surface area contributed by atoms with E-state index in [4.69, 9.17) is 0 Å². The summed E-state index contributed by atoms with van der Waals surface area (Å²) in [6, 6.07) is 6.38. The topological polar surface area (TPSA) is 17.1 Å². The van der Waals surface area contributed by atoms with Gasteiger partial charge in [-0.1, -0.05) is 35.0 Å². The van der Waals surface area contributed by atoms with Crippen LogP contribution in [0.3, 0.4) is 0 Å². The predicted octanol–water partition coefficient (Wildman–Crippen LogP) is 3.39. The first-order valence-electron chi connectivity index (χ1n) is 5.44. The average Bonchev–Trinajstić information content (AvgIpc) is 2.28. The maximum Gasteiger partial charge on any atom is 0.123 e. The van der Waals surface area contributed by atoms with Crippen LogP contribution in [0.5, 0.6) is 0 Å². The van der Waals surface area contributed by atoms with Crippen LogP contribution in [0.2, 0.25) is 0 Å². The Hall–Kier alpha value is -0.630. The SMILES string of the molecule is CC(C=O)C1CCc2cccc(Br)c2C1. The monoisotopic (exact) mass is 266 g/mol. The molecule has 0 aromatic heterocycles. The maximum atomic E-state index is 10.8. The lowest BCUT2D eigenvalue weighted by Crippen LogP contribution is -2.21. The number of aryl methyl sites for hydroxylation is 1. The van der Waals surface area contributed by atoms with E-state index in [9.17, 15) is 4.79 Å². The second-order valence-corrected chi connectivity index (χ2v) is 5.23. The number of halogens is 1. The molecular formula is C13H15BrO. The van der Waals surface area contributed by atoms with Crippen molar-refractivity contribution in [3.8, 4) is 0 Å². The first-order valence-corrected chi connectivity index (χ1v) is 6.23. The first kappa shape index (κ1) is 10.9. The van der Waals surface area contributed by atoms with Gasteiger partial charge in [-0.05, 0) is 42.4 Å². The van der Waals surface area contributed by atoms with Gasteiger partial charge >= 0.3 is 0 Å². The van der Waals surface area contributed by atoms with Crippen LogP contribution in [0.25, 0.3) is 0 Å². The Morgan fingerprint density at radius 2 is 2.33 bits per heavy atom. The van der Waals surface area contributed by atoms with Gasteiger partial charge in [0.05, 0.1) is 0 Å². The van der Waals surface area contributed by atoms with Crippen LogP contribution in [-0.2, 0) is 17.6 Å². The van der Waals surface area contributed by atoms with E-state index in [1.165, 1.54) is 15.6 Å². The van der Waals surface area contributed by atoms with Crippen molar-refractivity contribution in [3.05, 3.63) is 33.8 Å². The molecule has 0 amide bonds. The Bertz CT molecular complexity index is 373. The lowest BCUT2D eigenvalue weighted by atomic mass is 9.78. The minimum atomic E-state index is 0.185. The molecule has 0 bridgehead atoms. The molecule has 1 aliphatic rings. The number of rotatable bonds is 2. The van der Waals surface area contributed by atoms with Crippen molar-refractivity contribution >= 4 is 22.2 Å². The second-order valence-electron chi connectivity index (χ2n) is 4.38. The van der Waals surface area contributed by atoms with Crippen LogP contribution in [0.15, 0.2) is 22.7 Å². The third-order valence-electron chi connectivity index (χ3n) is 3.42. The van der Waals surface area contributed by atoms with E-state index < -0.39 is 0 Å². The van der Waals surface area contributed by atoms with Crippen molar-refractivity contribution in [1.29, 1.82) is 0 Å². The Morgan fingerprint density at radius 3 is 3.07 bits per heavy atom. The summed E-state index contributed by atoms with van der Waals surface area (Å²) in [6.07, 6.45) is 4.38. The van der Waals surface area contributed by atoms with Gasteiger partial charge in [0.15, 0.2) is 0 Å². The van der Waals surface area contributed by atoms with E-state index in [1.807, 2.05) is 6.92 Å². The highest BCUT2D eigenvalue weighted by atomic mass is 79.9. The number of benzene rings is 1. The number of carbonyl (C=O) groups excluding carboxylic acids is 1. The van der Waals surface area contributed by atoms with Crippen molar-refractivity contribution in [2.75, 3.05) is 0 Å². The standard InChI is InChI=1S/C13H15BrO/c1-9(8-15)11-6-5-10-3-2-4-13(14)12(10)7-11/h2-4,8-9,11H,5-7H2,1H3. The van der Waals surface area contributed by atoms with Crippen molar-refractivity contribution < 1.29 is 4.79 Å². The molecule has 0 radical (unpaired) electrons. The van der Waals surface area contributed by atoms with E-state index in [2.05, 4.69) is 34.1 Å². The summed E-state index contributed by atoms with van der Waals surface area (Å²) in [5.41, 5.74) is 2.85. The summed E-state index contributed by atoms with van der Waals surface area (Å²) in [7, 11) is 0. The summed E-state index contributed by atoms with van der Waals surface area (Å²) >= 11 is 3.59. The molecule has 0 aliphatic heterocycles. The van der Waals surface area contributed by atoms with Crippen LogP contribution in [0.4, 0.5) is 0 Å². The Morgan fingerprint density at radius 1 is 1.53 bits per heavy atom. The quantitative estimate of drug-likeness (QED) is 0.751. The van der Waals surface area contributed by atoms with Gasteiger partial charge < -0.3 is 4.79 Å². The fraction of sp³-hybridized carbons (Fsp3) is 0.462. The normalized spacial score (nSPS) is 21.9. The molecule has 2 rings (SSSR count). The number of hydrogen-bond donors (Lipinski definition) is 0. The molecule has 2 atom stereocenters. The number of hydrogen-bond acceptors (Lipinski definition) is 1. The molecule has 2 heteroatoms. The number of carbonyl (C=O) groups is 1. The molecule has 1 aromatic rings. The molecule has 0 saturated heterocycles. The highest BCUT2D eigenvalue weighted by Crippen LogP contribution is 2.33. The fourth-order valence-electron chi connectivity index (χ4n) is 2.33. The number of aldehydes is 1. The second kappa shape index (κ2) is 4.48. The number of fused-ring (bicyclic) bond motifs is 1. The molecule has 0 heterocycles. The summed E-state index contributed by atoms with van der Waals surface area (Å²) in [6.45, 7) is 2.03. The van der Waals surface area contributed by atoms with Crippen LogP contribution in [0.1, 0.15) is 24.5 Å². The molecule has 1 aliphatic carbocycles. The van der Waals surface area contributed by atoms with Gasteiger partial charge in [-0.15, -0.1) is 0 Å². The van der Waals surface area contributed by atoms with Crippen molar-refractivity contribution in [2.24, 2.45) is 11.8 Å². The zero-order chi connectivity index (χ0) is 10.8. The van der Waals surface area contributed by atoms with E-state index in [-0.39, 0.29) is 5.92 Å². The smallest absolute Gasteiger partial charge is 0.123 e. The van der Waals surface area contributed by atoms with Crippen molar-refractivity contribution in [3.63, 3.8) is 0 Å². The minimum absolute atomic E-state index is 0.185. The highest BCUT2D eigenvalue weighted by Gasteiger charge is 2.24. The molecule has 0 saturated carbocycles. The largest absolute Gasteiger partial charge is 0.303 e. The zero-order valence-corrected chi connectivity index (χ0v) is 10.5. The molecule has 80 valence electrons. The van der Waals surface area contributed by atoms with Gasteiger partial charge in [0.1, 0.15) is 6.29 Å².